The molecule has 0 heterocycles. The number of nitrogens with zero attached hydrogens (tertiary/aromatic N) is 1. The van der Waals surface area contributed by atoms with Gasteiger partial charge >= 0.3 is 0 Å². The van der Waals surface area contributed by atoms with E-state index in [0.29, 0.717) is 28.0 Å². The molecule has 0 saturated heterocycles. The van der Waals surface area contributed by atoms with Crippen LogP contribution >= 0.6 is 11.6 Å². The Hall–Kier alpha value is -2.90. The number of anilines is 1. The van der Waals surface area contributed by atoms with Crippen LogP contribution in [0.4, 0.5) is 5.69 Å². The van der Waals surface area contributed by atoms with Crippen LogP contribution in [0, 0.1) is 0 Å². The Balaban J connectivity index is 2.21. The van der Waals surface area contributed by atoms with E-state index in [0.717, 1.165) is 5.56 Å². The summed E-state index contributed by atoms with van der Waals surface area (Å²) in [5.74, 6) is 1.37. The van der Waals surface area contributed by atoms with Crippen molar-refractivity contribution >= 4 is 27.3 Å². The summed E-state index contributed by atoms with van der Waals surface area (Å²) >= 11 is 6.18. The Morgan fingerprint density at radius 1 is 0.839 bits per heavy atom. The molecular formula is C23H24ClNO5S. The maximum Gasteiger partial charge on any atom is 0.265 e. The minimum atomic E-state index is -3.98. The van der Waals surface area contributed by atoms with Crippen molar-refractivity contribution in [3.8, 4) is 17.2 Å². The number of benzene rings is 3. The predicted octanol–water partition coefficient (Wildman–Crippen LogP) is 5.32. The summed E-state index contributed by atoms with van der Waals surface area (Å²) in [5.41, 5.74) is 1.17. The van der Waals surface area contributed by atoms with Gasteiger partial charge in [-0.3, -0.25) is 4.31 Å². The molecule has 8 heteroatoms. The molecule has 3 rings (SSSR count). The summed E-state index contributed by atoms with van der Waals surface area (Å²) in [4.78, 5) is 0.107. The number of halogens is 1. The number of hydrogen-bond acceptors (Lipinski definition) is 5. The van der Waals surface area contributed by atoms with Crippen molar-refractivity contribution in [3.63, 3.8) is 0 Å². The molecule has 0 aliphatic rings. The van der Waals surface area contributed by atoms with Gasteiger partial charge < -0.3 is 14.2 Å². The highest BCUT2D eigenvalue weighted by molar-refractivity contribution is 7.92. The van der Waals surface area contributed by atoms with Gasteiger partial charge in [0.1, 0.15) is 5.75 Å². The molecule has 0 spiro atoms. The van der Waals surface area contributed by atoms with Crippen LogP contribution < -0.4 is 18.5 Å². The third-order valence-corrected chi connectivity index (χ3v) is 7.03. The number of hydrogen-bond donors (Lipinski definition) is 0. The lowest BCUT2D eigenvalue weighted by atomic mass is 10.1. The van der Waals surface area contributed by atoms with E-state index in [1.165, 1.54) is 37.8 Å². The van der Waals surface area contributed by atoms with Crippen molar-refractivity contribution in [1.29, 1.82) is 0 Å². The smallest absolute Gasteiger partial charge is 0.265 e. The molecule has 0 aliphatic carbocycles. The maximum atomic E-state index is 13.8. The standard InChI is InChI=1S/C23H24ClNO5S/c1-16(17-7-5-8-18(24)13-17)25(19-11-12-22(29-3)23(14-19)30-4)31(26,27)21-10-6-9-20(15-21)28-2/h5-16H,1-4H3. The predicted molar refractivity (Wildman–Crippen MR) is 122 cm³/mol. The van der Waals surface area contributed by atoms with Crippen molar-refractivity contribution in [3.05, 3.63) is 77.3 Å². The highest BCUT2D eigenvalue weighted by atomic mass is 35.5. The lowest BCUT2D eigenvalue weighted by molar-refractivity contribution is 0.355. The molecule has 0 N–H and O–H groups in total. The molecule has 3 aromatic rings. The second kappa shape index (κ2) is 9.49. The minimum Gasteiger partial charge on any atom is -0.497 e. The molecule has 0 saturated carbocycles. The molecular weight excluding hydrogens is 438 g/mol. The van der Waals surface area contributed by atoms with Crippen molar-refractivity contribution in [1.82, 2.24) is 0 Å². The molecule has 0 bridgehead atoms. The zero-order valence-electron chi connectivity index (χ0n) is 17.7. The summed E-state index contributed by atoms with van der Waals surface area (Å²) in [6, 6.07) is 17.9. The van der Waals surface area contributed by atoms with Gasteiger partial charge in [-0.1, -0.05) is 29.8 Å². The molecule has 6 nitrogen and oxygen atoms in total. The Labute approximate surface area is 188 Å². The summed E-state index contributed by atoms with van der Waals surface area (Å²) in [5, 5.41) is 0.524. The fraction of sp³-hybridized carbons (Fsp3) is 0.217. The number of ether oxygens (including phenoxy) is 3. The van der Waals surface area contributed by atoms with Crippen LogP contribution in [0.15, 0.2) is 71.6 Å². The van der Waals surface area contributed by atoms with Gasteiger partial charge in [0.15, 0.2) is 11.5 Å². The molecule has 1 unspecified atom stereocenters. The van der Waals surface area contributed by atoms with Crippen molar-refractivity contribution < 1.29 is 22.6 Å². The van der Waals surface area contributed by atoms with E-state index in [9.17, 15) is 8.42 Å². The van der Waals surface area contributed by atoms with E-state index in [4.69, 9.17) is 25.8 Å². The van der Waals surface area contributed by atoms with Crippen LogP contribution in [0.2, 0.25) is 5.02 Å². The van der Waals surface area contributed by atoms with Gasteiger partial charge in [0.25, 0.3) is 10.0 Å². The first kappa shape index (κ1) is 22.8. The average Bonchev–Trinajstić information content (AvgIpc) is 2.78. The number of methoxy groups -OCH3 is 3. The lowest BCUT2D eigenvalue weighted by Crippen LogP contribution is -2.33. The largest absolute Gasteiger partial charge is 0.497 e. The molecule has 31 heavy (non-hydrogen) atoms. The van der Waals surface area contributed by atoms with Crippen molar-refractivity contribution in [2.45, 2.75) is 17.9 Å². The Morgan fingerprint density at radius 2 is 1.55 bits per heavy atom. The van der Waals surface area contributed by atoms with Gasteiger partial charge in [-0.25, -0.2) is 8.42 Å². The van der Waals surface area contributed by atoms with E-state index in [2.05, 4.69) is 0 Å². The third-order valence-electron chi connectivity index (χ3n) is 4.90. The van der Waals surface area contributed by atoms with Gasteiger partial charge in [-0.05, 0) is 48.9 Å². The van der Waals surface area contributed by atoms with Crippen LogP contribution in [-0.2, 0) is 10.0 Å². The first-order valence-electron chi connectivity index (χ1n) is 9.47. The van der Waals surface area contributed by atoms with Gasteiger partial charge in [0.05, 0.1) is 38.0 Å². The van der Waals surface area contributed by atoms with Gasteiger partial charge in [0.2, 0.25) is 0 Å². The normalized spacial score (nSPS) is 12.2. The Bertz CT molecular complexity index is 1170. The second-order valence-electron chi connectivity index (χ2n) is 6.75. The number of sulfonamides is 1. The molecule has 0 fully saturated rings. The molecule has 0 radical (unpaired) electrons. The first-order chi connectivity index (χ1) is 14.8. The highest BCUT2D eigenvalue weighted by Gasteiger charge is 2.31. The maximum absolute atomic E-state index is 13.8. The molecule has 0 aromatic heterocycles. The molecule has 1 atom stereocenters. The quantitative estimate of drug-likeness (QED) is 0.454. The van der Waals surface area contributed by atoms with Crippen LogP contribution in [0.3, 0.4) is 0 Å². The first-order valence-corrected chi connectivity index (χ1v) is 11.3. The third kappa shape index (κ3) is 4.73. The summed E-state index contributed by atoms with van der Waals surface area (Å²) in [6.45, 7) is 1.81. The second-order valence-corrected chi connectivity index (χ2v) is 9.00. The van der Waals surface area contributed by atoms with E-state index in [-0.39, 0.29) is 4.90 Å². The minimum absolute atomic E-state index is 0.107. The van der Waals surface area contributed by atoms with Crippen LogP contribution in [0.1, 0.15) is 18.5 Å². The average molecular weight is 462 g/mol. The van der Waals surface area contributed by atoms with Crippen LogP contribution in [0.25, 0.3) is 0 Å². The van der Waals surface area contributed by atoms with Crippen LogP contribution in [0.5, 0.6) is 17.2 Å². The molecule has 0 aliphatic heterocycles. The van der Waals surface area contributed by atoms with E-state index in [1.807, 2.05) is 6.07 Å². The van der Waals surface area contributed by atoms with Gasteiger partial charge in [-0.15, -0.1) is 0 Å². The Kier molecular flexibility index (Phi) is 6.97. The Morgan fingerprint density at radius 3 is 2.19 bits per heavy atom. The van der Waals surface area contributed by atoms with Gasteiger partial charge in [-0.2, -0.15) is 0 Å². The van der Waals surface area contributed by atoms with E-state index in [1.54, 1.807) is 55.5 Å². The SMILES string of the molecule is COc1cccc(S(=O)(=O)N(c2ccc(OC)c(OC)c2)C(C)c2cccc(Cl)c2)c1. The van der Waals surface area contributed by atoms with E-state index < -0.39 is 16.1 Å². The fourth-order valence-electron chi connectivity index (χ4n) is 3.31. The molecule has 3 aromatic carbocycles. The van der Waals surface area contributed by atoms with Crippen molar-refractivity contribution in [2.24, 2.45) is 0 Å². The lowest BCUT2D eigenvalue weighted by Gasteiger charge is -2.31. The summed E-state index contributed by atoms with van der Waals surface area (Å²) in [7, 11) is 0.542. The van der Waals surface area contributed by atoms with E-state index >= 15 is 0 Å². The van der Waals surface area contributed by atoms with Crippen molar-refractivity contribution in [2.75, 3.05) is 25.6 Å². The fourth-order valence-corrected chi connectivity index (χ4v) is 5.18. The molecule has 164 valence electrons. The summed E-state index contributed by atoms with van der Waals surface area (Å²) in [6.07, 6.45) is 0. The highest BCUT2D eigenvalue weighted by Crippen LogP contribution is 2.39. The zero-order chi connectivity index (χ0) is 22.6. The molecule has 0 amide bonds. The topological polar surface area (TPSA) is 65.1 Å². The number of rotatable bonds is 8. The zero-order valence-corrected chi connectivity index (χ0v) is 19.3. The monoisotopic (exact) mass is 461 g/mol. The van der Waals surface area contributed by atoms with Gasteiger partial charge in [0, 0.05) is 17.2 Å². The van der Waals surface area contributed by atoms with Crippen LogP contribution in [-0.4, -0.2) is 29.7 Å². The summed E-state index contributed by atoms with van der Waals surface area (Å²) < 4.78 is 44.9.